The Morgan fingerprint density at radius 2 is 1.53 bits per heavy atom. The maximum Gasteiger partial charge on any atom is 0.0896 e. The van der Waals surface area contributed by atoms with Gasteiger partial charge < -0.3 is 21.8 Å². The number of rotatable bonds is 6. The smallest absolute Gasteiger partial charge is 0.0896 e. The molecule has 0 aromatic rings. The van der Waals surface area contributed by atoms with Gasteiger partial charge in [-0.1, -0.05) is 13.3 Å². The molecule has 0 spiro atoms. The van der Waals surface area contributed by atoms with Crippen molar-refractivity contribution in [1.29, 1.82) is 0 Å². The van der Waals surface area contributed by atoms with Crippen LogP contribution in [0.5, 0.6) is 0 Å². The van der Waals surface area contributed by atoms with Crippen LogP contribution in [-0.4, -0.2) is 57.2 Å². The van der Waals surface area contributed by atoms with Gasteiger partial charge in [0, 0.05) is 13.0 Å². The minimum atomic E-state index is 0. The van der Waals surface area contributed by atoms with Crippen LogP contribution >= 0.6 is 12.4 Å². The van der Waals surface area contributed by atoms with Crippen LogP contribution in [0.3, 0.4) is 0 Å². The summed E-state index contributed by atoms with van der Waals surface area (Å²) in [6.45, 7) is 3.48. The fraction of sp³-hybridized carbons (Fsp3) is 1.00. The van der Waals surface area contributed by atoms with Gasteiger partial charge in [0.05, 0.1) is 27.2 Å². The number of hydrogen-bond donors (Lipinski definition) is 0. The molecule has 1 atom stereocenters. The zero-order valence-corrected chi connectivity index (χ0v) is 12.7. The Morgan fingerprint density at radius 1 is 1.07 bits per heavy atom. The van der Waals surface area contributed by atoms with Crippen molar-refractivity contribution < 1.29 is 16.9 Å². The third-order valence-corrected chi connectivity index (χ3v) is 2.63. The van der Waals surface area contributed by atoms with E-state index in [2.05, 4.69) is 47.1 Å². The Morgan fingerprint density at radius 3 is 1.80 bits per heavy atom. The summed E-state index contributed by atoms with van der Waals surface area (Å²) in [7, 11) is 11.2. The second kappa shape index (κ2) is 9.71. The Labute approximate surface area is 108 Å². The van der Waals surface area contributed by atoms with Crippen molar-refractivity contribution in [2.75, 3.05) is 41.8 Å². The fourth-order valence-electron chi connectivity index (χ4n) is 1.66. The van der Waals surface area contributed by atoms with Crippen molar-refractivity contribution in [2.24, 2.45) is 0 Å². The molecule has 0 N–H and O–H groups in total. The summed E-state index contributed by atoms with van der Waals surface area (Å²) in [6, 6.07) is 0.812. The zero-order chi connectivity index (χ0) is 10.5. The summed E-state index contributed by atoms with van der Waals surface area (Å²) in [6.07, 6.45) is 3.95. The number of halogens is 2. The molecule has 0 fully saturated rings. The van der Waals surface area contributed by atoms with Gasteiger partial charge in [0.25, 0.3) is 0 Å². The third-order valence-electron chi connectivity index (χ3n) is 2.63. The zero-order valence-electron chi connectivity index (χ0n) is 11.1. The monoisotopic (exact) mass is 258 g/mol. The van der Waals surface area contributed by atoms with E-state index in [0.29, 0.717) is 0 Å². The molecule has 0 aliphatic rings. The first-order valence-electron chi connectivity index (χ1n) is 5.33. The summed E-state index contributed by atoms with van der Waals surface area (Å²) in [5.74, 6) is 0. The van der Waals surface area contributed by atoms with Crippen molar-refractivity contribution in [2.45, 2.75) is 32.2 Å². The van der Waals surface area contributed by atoms with Crippen LogP contribution < -0.4 is 12.4 Å². The third kappa shape index (κ3) is 10.8. The lowest BCUT2D eigenvalue weighted by Crippen LogP contribution is -3.00. The molecule has 96 valence electrons. The molecular formula is C11H28Cl2N2. The van der Waals surface area contributed by atoms with Gasteiger partial charge in [-0.2, -0.15) is 0 Å². The molecule has 1 unspecified atom stereocenters. The lowest BCUT2D eigenvalue weighted by Gasteiger charge is -2.34. The Hall–Kier alpha value is 0.500. The Bertz CT molecular complexity index is 133. The standard InChI is InChI=1S/C11H27N2.2ClH/c1-7-8-11(13(4,5)6)9-10-12(2)3;;/h11H,7-10H2,1-6H3;2*1H/q+1;;/p-1. The van der Waals surface area contributed by atoms with Gasteiger partial charge in [-0.3, -0.25) is 0 Å². The predicted octanol–water partition coefficient (Wildman–Crippen LogP) is -0.761. The van der Waals surface area contributed by atoms with E-state index in [0.717, 1.165) is 10.5 Å². The van der Waals surface area contributed by atoms with Gasteiger partial charge in [-0.05, 0) is 20.5 Å². The predicted molar refractivity (Wildman–Crippen MR) is 67.1 cm³/mol. The van der Waals surface area contributed by atoms with Gasteiger partial charge in [-0.25, -0.2) is 0 Å². The highest BCUT2D eigenvalue weighted by Gasteiger charge is 2.22. The second-order valence-corrected chi connectivity index (χ2v) is 5.15. The summed E-state index contributed by atoms with van der Waals surface area (Å²) in [5, 5.41) is 0. The molecule has 0 aliphatic carbocycles. The second-order valence-electron chi connectivity index (χ2n) is 5.15. The normalized spacial score (nSPS) is 13.0. The fourth-order valence-corrected chi connectivity index (χ4v) is 1.66. The molecule has 0 saturated carbocycles. The van der Waals surface area contributed by atoms with E-state index in [1.165, 1.54) is 25.8 Å². The van der Waals surface area contributed by atoms with E-state index in [1.807, 2.05) is 0 Å². The molecular weight excluding hydrogens is 231 g/mol. The largest absolute Gasteiger partial charge is 1.00 e. The summed E-state index contributed by atoms with van der Waals surface area (Å²) in [5.41, 5.74) is 0. The molecule has 4 heteroatoms. The van der Waals surface area contributed by atoms with E-state index >= 15 is 0 Å². The molecule has 0 aromatic carbocycles. The number of nitrogens with zero attached hydrogens (tertiary/aromatic N) is 2. The Balaban J connectivity index is -0.000000720. The molecule has 0 aliphatic heterocycles. The first-order valence-corrected chi connectivity index (χ1v) is 5.33. The molecule has 15 heavy (non-hydrogen) atoms. The van der Waals surface area contributed by atoms with Crippen LogP contribution in [0.1, 0.15) is 26.2 Å². The molecule has 0 heterocycles. The minimum absolute atomic E-state index is 0. The van der Waals surface area contributed by atoms with Crippen LogP contribution in [0.4, 0.5) is 0 Å². The minimum Gasteiger partial charge on any atom is -1.00 e. The van der Waals surface area contributed by atoms with Crippen LogP contribution in [0.2, 0.25) is 0 Å². The first kappa shape index (κ1) is 20.9. The maximum atomic E-state index is 2.30. The van der Waals surface area contributed by atoms with Crippen LogP contribution in [0, 0.1) is 0 Å². The highest BCUT2D eigenvalue weighted by atomic mass is 35.5. The SMILES string of the molecule is CCCC(CCN(C)C)[N+](C)(C)C.Cl.[Cl-]. The van der Waals surface area contributed by atoms with Gasteiger partial charge >= 0.3 is 0 Å². The molecule has 0 aromatic heterocycles. The van der Waals surface area contributed by atoms with Crippen molar-refractivity contribution >= 4 is 12.4 Å². The van der Waals surface area contributed by atoms with E-state index in [9.17, 15) is 0 Å². The van der Waals surface area contributed by atoms with Gasteiger partial charge in [0.2, 0.25) is 0 Å². The van der Waals surface area contributed by atoms with Gasteiger partial charge in [0.15, 0.2) is 0 Å². The van der Waals surface area contributed by atoms with E-state index < -0.39 is 0 Å². The van der Waals surface area contributed by atoms with Crippen LogP contribution in [0.25, 0.3) is 0 Å². The molecule has 2 nitrogen and oxygen atoms in total. The van der Waals surface area contributed by atoms with Crippen molar-refractivity contribution in [1.82, 2.24) is 4.90 Å². The molecule has 0 saturated heterocycles. The highest BCUT2D eigenvalue weighted by Crippen LogP contribution is 2.13. The lowest BCUT2D eigenvalue weighted by atomic mass is 10.1. The van der Waals surface area contributed by atoms with Gasteiger partial charge in [-0.15, -0.1) is 12.4 Å². The van der Waals surface area contributed by atoms with Gasteiger partial charge in [0.1, 0.15) is 0 Å². The Kier molecular flexibility index (Phi) is 13.5. The average molecular weight is 259 g/mol. The summed E-state index contributed by atoms with van der Waals surface area (Å²) in [4.78, 5) is 2.28. The topological polar surface area (TPSA) is 3.24 Å². The van der Waals surface area contributed by atoms with Crippen molar-refractivity contribution in [3.05, 3.63) is 0 Å². The van der Waals surface area contributed by atoms with E-state index in [4.69, 9.17) is 0 Å². The molecule has 0 rings (SSSR count). The van der Waals surface area contributed by atoms with Crippen molar-refractivity contribution in [3.63, 3.8) is 0 Å². The summed E-state index contributed by atoms with van der Waals surface area (Å²) >= 11 is 0. The number of hydrogen-bond acceptors (Lipinski definition) is 1. The number of quaternary nitrogens is 1. The first-order chi connectivity index (χ1) is 5.88. The molecule has 0 radical (unpaired) electrons. The molecule has 0 amide bonds. The van der Waals surface area contributed by atoms with Crippen molar-refractivity contribution in [3.8, 4) is 0 Å². The van der Waals surface area contributed by atoms with E-state index in [-0.39, 0.29) is 24.8 Å². The van der Waals surface area contributed by atoms with Crippen LogP contribution in [-0.2, 0) is 0 Å². The molecule has 0 bridgehead atoms. The highest BCUT2D eigenvalue weighted by molar-refractivity contribution is 5.85. The maximum absolute atomic E-state index is 2.30. The van der Waals surface area contributed by atoms with Crippen LogP contribution in [0.15, 0.2) is 0 Å². The quantitative estimate of drug-likeness (QED) is 0.567. The lowest BCUT2D eigenvalue weighted by molar-refractivity contribution is -0.896. The van der Waals surface area contributed by atoms with E-state index in [1.54, 1.807) is 0 Å². The average Bonchev–Trinajstić information content (AvgIpc) is 1.95. The summed E-state index contributed by atoms with van der Waals surface area (Å²) < 4.78 is 1.10.